The minimum Gasteiger partial charge on any atom is -0.384 e. The highest BCUT2D eigenvalue weighted by atomic mass is 35.5. The van der Waals surface area contributed by atoms with Crippen LogP contribution in [-0.2, 0) is 6.54 Å². The number of nitrogen functional groups attached to an aromatic ring is 1. The van der Waals surface area contributed by atoms with E-state index in [2.05, 4.69) is 12.0 Å². The maximum absolute atomic E-state index is 6.13. The van der Waals surface area contributed by atoms with Crippen molar-refractivity contribution in [3.05, 3.63) is 40.9 Å². The van der Waals surface area contributed by atoms with Crippen LogP contribution < -0.4 is 5.73 Å². The van der Waals surface area contributed by atoms with Crippen LogP contribution in [0.4, 0.5) is 5.82 Å². The summed E-state index contributed by atoms with van der Waals surface area (Å²) in [5, 5.41) is 6.20. The summed E-state index contributed by atoms with van der Waals surface area (Å²) in [6.07, 6.45) is 1.13. The van der Waals surface area contributed by atoms with E-state index < -0.39 is 0 Å². The first-order valence-corrected chi connectivity index (χ1v) is 7.26. The molecule has 0 fully saturated rings. The van der Waals surface area contributed by atoms with Crippen molar-refractivity contribution in [2.24, 2.45) is 0 Å². The van der Waals surface area contributed by atoms with Crippen LogP contribution in [0.3, 0.4) is 0 Å². The fourth-order valence-electron chi connectivity index (χ4n) is 1.60. The molecular weight excluding hydrogens is 266 g/mol. The largest absolute Gasteiger partial charge is 0.384 e. The highest BCUT2D eigenvalue weighted by molar-refractivity contribution is 7.99. The quantitative estimate of drug-likeness (QED) is 0.851. The van der Waals surface area contributed by atoms with Crippen LogP contribution in [0.5, 0.6) is 0 Å². The van der Waals surface area contributed by atoms with E-state index in [-0.39, 0.29) is 0 Å². The van der Waals surface area contributed by atoms with E-state index in [0.29, 0.717) is 12.4 Å². The van der Waals surface area contributed by atoms with E-state index in [9.17, 15) is 0 Å². The van der Waals surface area contributed by atoms with E-state index in [0.717, 1.165) is 27.8 Å². The summed E-state index contributed by atoms with van der Waals surface area (Å²) in [7, 11) is 0. The van der Waals surface area contributed by atoms with Crippen LogP contribution >= 0.6 is 23.4 Å². The van der Waals surface area contributed by atoms with E-state index in [1.807, 2.05) is 30.3 Å². The first kappa shape index (κ1) is 13.3. The highest BCUT2D eigenvalue weighted by Gasteiger charge is 2.07. The number of hydrogen-bond donors (Lipinski definition) is 1. The second-order valence-electron chi connectivity index (χ2n) is 4.00. The maximum Gasteiger partial charge on any atom is 0.123 e. The Morgan fingerprint density at radius 1 is 1.39 bits per heavy atom. The number of nitrogens with two attached hydrogens (primary N) is 1. The topological polar surface area (TPSA) is 43.8 Å². The molecule has 0 aliphatic rings. The van der Waals surface area contributed by atoms with Gasteiger partial charge in [-0.25, -0.2) is 4.68 Å². The molecule has 96 valence electrons. The predicted octanol–water partition coefficient (Wildman–Crippen LogP) is 3.67. The number of benzene rings is 1. The Hall–Kier alpha value is -1.13. The number of anilines is 1. The second-order valence-corrected chi connectivity index (χ2v) is 5.53. The third-order valence-corrected chi connectivity index (χ3v) is 4.00. The first-order valence-electron chi connectivity index (χ1n) is 5.90. The van der Waals surface area contributed by atoms with Gasteiger partial charge in [-0.05, 0) is 23.8 Å². The minimum atomic E-state index is 0.609. The molecule has 5 heteroatoms. The van der Waals surface area contributed by atoms with Gasteiger partial charge in [0.2, 0.25) is 0 Å². The van der Waals surface area contributed by atoms with Crippen molar-refractivity contribution < 1.29 is 0 Å². The van der Waals surface area contributed by atoms with E-state index in [1.54, 1.807) is 16.4 Å². The third-order valence-electron chi connectivity index (χ3n) is 2.52. The number of aromatic nitrogens is 2. The Morgan fingerprint density at radius 2 is 2.17 bits per heavy atom. The Kier molecular flexibility index (Phi) is 4.55. The second kappa shape index (κ2) is 6.16. The van der Waals surface area contributed by atoms with Crippen molar-refractivity contribution >= 4 is 29.2 Å². The molecule has 1 heterocycles. The smallest absolute Gasteiger partial charge is 0.123 e. The molecule has 0 saturated carbocycles. The highest BCUT2D eigenvalue weighted by Crippen LogP contribution is 2.22. The van der Waals surface area contributed by atoms with Gasteiger partial charge >= 0.3 is 0 Å². The molecular formula is C13H16ClN3S. The molecule has 2 aromatic rings. The van der Waals surface area contributed by atoms with Crippen molar-refractivity contribution in [3.8, 4) is 0 Å². The fourth-order valence-corrected chi connectivity index (χ4v) is 2.57. The van der Waals surface area contributed by atoms with Crippen LogP contribution in [0.1, 0.15) is 18.9 Å². The monoisotopic (exact) mass is 281 g/mol. The zero-order valence-electron chi connectivity index (χ0n) is 10.3. The zero-order valence-corrected chi connectivity index (χ0v) is 11.8. The van der Waals surface area contributed by atoms with Crippen molar-refractivity contribution in [2.45, 2.75) is 24.9 Å². The molecule has 0 atom stereocenters. The molecule has 1 aromatic carbocycles. The van der Waals surface area contributed by atoms with Crippen molar-refractivity contribution in [2.75, 3.05) is 11.5 Å². The summed E-state index contributed by atoms with van der Waals surface area (Å²) < 4.78 is 1.79. The van der Waals surface area contributed by atoms with Gasteiger partial charge in [-0.1, -0.05) is 36.7 Å². The van der Waals surface area contributed by atoms with Gasteiger partial charge in [0, 0.05) is 11.1 Å². The van der Waals surface area contributed by atoms with E-state index in [4.69, 9.17) is 17.3 Å². The van der Waals surface area contributed by atoms with Crippen molar-refractivity contribution in [1.29, 1.82) is 0 Å². The van der Waals surface area contributed by atoms with Gasteiger partial charge in [0.1, 0.15) is 10.8 Å². The number of nitrogens with zero attached hydrogens (tertiary/aromatic N) is 2. The standard InChI is InChI=1S/C13H16ClN3S/c1-2-7-18-13-8-12(15)17(16-13)9-10-5-3-4-6-11(10)14/h3-6,8H,2,7,9,15H2,1H3. The lowest BCUT2D eigenvalue weighted by atomic mass is 10.2. The Balaban J connectivity index is 2.14. The number of thioether (sulfide) groups is 1. The summed E-state index contributed by atoms with van der Waals surface area (Å²) in [6, 6.07) is 9.66. The molecule has 0 radical (unpaired) electrons. The molecule has 2 rings (SSSR count). The Labute approximate surface area is 116 Å². The third kappa shape index (κ3) is 3.21. The molecule has 0 bridgehead atoms. The van der Waals surface area contributed by atoms with Gasteiger partial charge in [-0.15, -0.1) is 11.8 Å². The number of hydrogen-bond acceptors (Lipinski definition) is 3. The Morgan fingerprint density at radius 3 is 2.89 bits per heavy atom. The molecule has 18 heavy (non-hydrogen) atoms. The summed E-state index contributed by atoms with van der Waals surface area (Å²) in [5.74, 6) is 1.73. The van der Waals surface area contributed by atoms with Crippen LogP contribution in [0.2, 0.25) is 5.02 Å². The van der Waals surface area contributed by atoms with E-state index in [1.165, 1.54) is 0 Å². The molecule has 0 spiro atoms. The summed E-state index contributed by atoms with van der Waals surface area (Å²) >= 11 is 7.86. The van der Waals surface area contributed by atoms with Gasteiger partial charge in [-0.3, -0.25) is 0 Å². The average molecular weight is 282 g/mol. The number of rotatable bonds is 5. The van der Waals surface area contributed by atoms with E-state index >= 15 is 0 Å². The van der Waals surface area contributed by atoms with Gasteiger partial charge < -0.3 is 5.73 Å². The van der Waals surface area contributed by atoms with Gasteiger partial charge in [0.15, 0.2) is 0 Å². The van der Waals surface area contributed by atoms with Crippen LogP contribution in [0.25, 0.3) is 0 Å². The average Bonchev–Trinajstić information content (AvgIpc) is 2.70. The Bertz CT molecular complexity index is 525. The molecule has 0 saturated heterocycles. The maximum atomic E-state index is 6.13. The number of halogens is 1. The first-order chi connectivity index (χ1) is 8.70. The van der Waals surface area contributed by atoms with Gasteiger partial charge in [0.25, 0.3) is 0 Å². The van der Waals surface area contributed by atoms with Crippen molar-refractivity contribution in [1.82, 2.24) is 9.78 Å². The molecule has 0 unspecified atom stereocenters. The molecule has 1 aromatic heterocycles. The summed E-state index contributed by atoms with van der Waals surface area (Å²) in [6.45, 7) is 2.76. The summed E-state index contributed by atoms with van der Waals surface area (Å²) in [5.41, 5.74) is 6.98. The minimum absolute atomic E-state index is 0.609. The van der Waals surface area contributed by atoms with Crippen LogP contribution in [0, 0.1) is 0 Å². The van der Waals surface area contributed by atoms with Crippen molar-refractivity contribution in [3.63, 3.8) is 0 Å². The van der Waals surface area contributed by atoms with Gasteiger partial charge in [-0.2, -0.15) is 5.10 Å². The SMILES string of the molecule is CCCSc1cc(N)n(Cc2ccccc2Cl)n1. The van der Waals surface area contributed by atoms with Gasteiger partial charge in [0.05, 0.1) is 6.54 Å². The normalized spacial score (nSPS) is 10.8. The molecule has 0 amide bonds. The van der Waals surface area contributed by atoms with Crippen LogP contribution in [-0.4, -0.2) is 15.5 Å². The molecule has 3 nitrogen and oxygen atoms in total. The van der Waals surface area contributed by atoms with Crippen LogP contribution in [0.15, 0.2) is 35.4 Å². The molecule has 0 aliphatic heterocycles. The lowest BCUT2D eigenvalue weighted by Gasteiger charge is -2.05. The fraction of sp³-hybridized carbons (Fsp3) is 0.308. The lowest BCUT2D eigenvalue weighted by molar-refractivity contribution is 0.675. The zero-order chi connectivity index (χ0) is 13.0. The molecule has 0 aliphatic carbocycles. The lowest BCUT2D eigenvalue weighted by Crippen LogP contribution is -2.06. The predicted molar refractivity (Wildman–Crippen MR) is 78.2 cm³/mol. The summed E-state index contributed by atoms with van der Waals surface area (Å²) in [4.78, 5) is 0. The molecule has 2 N–H and O–H groups in total.